The number of hydrogen-bond donors (Lipinski definition) is 1. The van der Waals surface area contributed by atoms with Crippen LogP contribution in [-0.2, 0) is 22.6 Å². The van der Waals surface area contributed by atoms with Gasteiger partial charge >= 0.3 is 6.18 Å². The van der Waals surface area contributed by atoms with Crippen molar-refractivity contribution >= 4 is 9.84 Å². The molecule has 8 nitrogen and oxygen atoms in total. The Labute approximate surface area is 269 Å². The number of halogens is 7. The number of aromatic nitrogens is 3. The zero-order valence-electron chi connectivity index (χ0n) is 25.4. The van der Waals surface area contributed by atoms with Crippen molar-refractivity contribution in [1.29, 1.82) is 0 Å². The van der Waals surface area contributed by atoms with E-state index >= 15 is 8.78 Å². The predicted octanol–water partition coefficient (Wildman–Crippen LogP) is 7.36. The largest absolute Gasteiger partial charge is 0.482 e. The molecule has 5 aromatic rings. The average molecular weight is 698 g/mol. The number of alkyl halides is 5. The second-order valence-corrected chi connectivity index (χ2v) is 12.7. The Hall–Kier alpha value is -4.70. The lowest BCUT2D eigenvalue weighted by atomic mass is 9.97. The van der Waals surface area contributed by atoms with Crippen molar-refractivity contribution in [1.82, 2.24) is 14.5 Å². The second-order valence-electron chi connectivity index (χ2n) is 10.7. The zero-order valence-corrected chi connectivity index (χ0v) is 26.2. The fourth-order valence-corrected chi connectivity index (χ4v) is 6.01. The third-order valence-corrected chi connectivity index (χ3v) is 8.46. The number of oxazole rings is 1. The van der Waals surface area contributed by atoms with Crippen molar-refractivity contribution in [3.8, 4) is 45.1 Å². The Morgan fingerprint density at radius 2 is 1.60 bits per heavy atom. The van der Waals surface area contributed by atoms with Gasteiger partial charge in [-0.1, -0.05) is 6.07 Å². The number of hydrogen-bond acceptors (Lipinski definition) is 7. The molecule has 1 N–H and O–H groups in total. The van der Waals surface area contributed by atoms with E-state index in [0.29, 0.717) is 0 Å². The highest BCUT2D eigenvalue weighted by molar-refractivity contribution is 7.90. The minimum atomic E-state index is -4.79. The monoisotopic (exact) mass is 697 g/mol. The quantitative estimate of drug-likeness (QED) is 0.152. The Morgan fingerprint density at radius 1 is 0.938 bits per heavy atom. The molecule has 0 amide bonds. The highest BCUT2D eigenvalue weighted by Crippen LogP contribution is 2.41. The predicted molar refractivity (Wildman–Crippen MR) is 160 cm³/mol. The van der Waals surface area contributed by atoms with Crippen LogP contribution in [0.5, 0.6) is 5.75 Å². The van der Waals surface area contributed by atoms with Gasteiger partial charge in [-0.25, -0.2) is 35.9 Å². The van der Waals surface area contributed by atoms with Crippen LogP contribution in [0.3, 0.4) is 0 Å². The van der Waals surface area contributed by atoms with Crippen molar-refractivity contribution in [2.45, 2.75) is 37.6 Å². The minimum absolute atomic E-state index is 0.000238. The lowest BCUT2D eigenvalue weighted by Gasteiger charge is -2.16. The third kappa shape index (κ3) is 6.80. The lowest BCUT2D eigenvalue weighted by Crippen LogP contribution is -2.21. The number of aryl methyl sites for hydroxylation is 2. The lowest BCUT2D eigenvalue weighted by molar-refractivity contribution is -0.141. The van der Waals surface area contributed by atoms with E-state index in [-0.39, 0.29) is 51.1 Å². The normalized spacial score (nSPS) is 12.2. The van der Waals surface area contributed by atoms with Crippen LogP contribution >= 0.6 is 0 Å². The smallest absolute Gasteiger partial charge is 0.434 e. The number of sulfone groups is 1. The molecule has 5 rings (SSSR count). The van der Waals surface area contributed by atoms with E-state index in [9.17, 15) is 35.5 Å². The van der Waals surface area contributed by atoms with Crippen molar-refractivity contribution < 1.29 is 53.4 Å². The molecular weight excluding hydrogens is 671 g/mol. The number of rotatable bonds is 10. The van der Waals surface area contributed by atoms with E-state index in [1.807, 2.05) is 0 Å². The number of nitrogens with zero attached hydrogens (tertiary/aromatic N) is 3. The Morgan fingerprint density at radius 3 is 2.19 bits per heavy atom. The summed E-state index contributed by atoms with van der Waals surface area (Å²) in [4.78, 5) is 7.57. The van der Waals surface area contributed by atoms with Crippen LogP contribution in [0, 0.1) is 25.5 Å². The van der Waals surface area contributed by atoms with Crippen LogP contribution in [0.4, 0.5) is 30.7 Å². The summed E-state index contributed by atoms with van der Waals surface area (Å²) < 4.78 is 134. The first-order valence-corrected chi connectivity index (χ1v) is 15.9. The topological polar surface area (TPSA) is 107 Å². The number of ether oxygens (including phenoxy) is 1. The Balaban J connectivity index is 1.75. The summed E-state index contributed by atoms with van der Waals surface area (Å²) in [7, 11) is -4.02. The number of aliphatic hydroxyl groups excluding tert-OH is 1. The summed E-state index contributed by atoms with van der Waals surface area (Å²) in [5, 5.41) is 9.63. The molecule has 0 bridgehead atoms. The molecule has 0 radical (unpaired) electrons. The van der Waals surface area contributed by atoms with Gasteiger partial charge in [-0.2, -0.15) is 13.2 Å². The second kappa shape index (κ2) is 13.1. The van der Waals surface area contributed by atoms with Gasteiger partial charge in [-0.3, -0.25) is 0 Å². The van der Waals surface area contributed by atoms with Crippen molar-refractivity contribution in [2.24, 2.45) is 0 Å². The summed E-state index contributed by atoms with van der Waals surface area (Å²) in [5.41, 5.74) is -1.14. The molecule has 0 aliphatic carbocycles. The van der Waals surface area contributed by atoms with E-state index in [0.717, 1.165) is 41.3 Å². The molecule has 0 aliphatic rings. The van der Waals surface area contributed by atoms with Gasteiger partial charge in [0.2, 0.25) is 0 Å². The van der Waals surface area contributed by atoms with E-state index in [4.69, 9.17) is 9.15 Å². The number of benzene rings is 3. The maximum atomic E-state index is 15.1. The molecule has 0 saturated carbocycles. The van der Waals surface area contributed by atoms with E-state index in [2.05, 4.69) is 9.97 Å². The van der Waals surface area contributed by atoms with E-state index in [1.54, 1.807) is 0 Å². The molecular formula is C32H26F7N3O5S. The summed E-state index contributed by atoms with van der Waals surface area (Å²) in [6.45, 7) is -0.512. The molecule has 0 fully saturated rings. The number of aliphatic hydroxyl groups is 1. The highest BCUT2D eigenvalue weighted by atomic mass is 32.2. The molecule has 16 heteroatoms. The van der Waals surface area contributed by atoms with Gasteiger partial charge < -0.3 is 18.8 Å². The SMILES string of the molecule is Cc1nc(-c2cc(-c3cc(F)c(CO)c(S(C)(=O)=O)c3)ccc2-n2cc(C(F)(F)F)nc2C)c(-c2ccc(OC(CF)CF)c(F)c2)o1. The van der Waals surface area contributed by atoms with Gasteiger partial charge in [0.05, 0.1) is 17.2 Å². The zero-order chi connectivity index (χ0) is 35.1. The van der Waals surface area contributed by atoms with Crippen molar-refractivity contribution in [3.05, 3.63) is 89.3 Å². The van der Waals surface area contributed by atoms with Gasteiger partial charge in [0.15, 0.2) is 44.9 Å². The van der Waals surface area contributed by atoms with E-state index < -0.39 is 75.6 Å². The summed E-state index contributed by atoms with van der Waals surface area (Å²) in [6, 6.07) is 9.75. The van der Waals surface area contributed by atoms with Gasteiger partial charge in [0.1, 0.15) is 30.7 Å². The molecule has 48 heavy (non-hydrogen) atoms. The maximum Gasteiger partial charge on any atom is 0.434 e. The number of imidazole rings is 1. The van der Waals surface area contributed by atoms with Gasteiger partial charge in [-0.15, -0.1) is 0 Å². The van der Waals surface area contributed by atoms with Gasteiger partial charge in [0.25, 0.3) is 0 Å². The minimum Gasteiger partial charge on any atom is -0.482 e. The van der Waals surface area contributed by atoms with Crippen LogP contribution < -0.4 is 4.74 Å². The molecule has 2 heterocycles. The van der Waals surface area contributed by atoms with Crippen LogP contribution in [0.25, 0.3) is 39.4 Å². The fraction of sp³-hybridized carbons (Fsp3) is 0.250. The summed E-state index contributed by atoms with van der Waals surface area (Å²) in [5.74, 6) is -2.53. The first-order chi connectivity index (χ1) is 22.5. The van der Waals surface area contributed by atoms with Gasteiger partial charge in [0, 0.05) is 36.1 Å². The molecule has 3 aromatic carbocycles. The van der Waals surface area contributed by atoms with Crippen LogP contribution in [-0.4, -0.2) is 53.8 Å². The first kappa shape index (κ1) is 34.6. The molecule has 254 valence electrons. The molecule has 0 atom stereocenters. The standard InChI is InChI=1S/C32H26F7N3O5S/c1-16-40-29(32(37,38)39)14-42(16)26-6-4-18(20-10-24(35)23(15-43)28(11-20)48(3,44)45)8-22(26)30-31(46-17(2)41-30)19-5-7-27(25(36)9-19)47-21(12-33)13-34/h4-11,14,21,43H,12-13,15H2,1-3H3. The summed E-state index contributed by atoms with van der Waals surface area (Å²) in [6.07, 6.45) is -4.72. The fourth-order valence-electron chi connectivity index (χ4n) is 5.06. The van der Waals surface area contributed by atoms with Gasteiger partial charge in [-0.05, 0) is 60.5 Å². The van der Waals surface area contributed by atoms with E-state index in [1.165, 1.54) is 38.1 Å². The van der Waals surface area contributed by atoms with Crippen molar-refractivity contribution in [2.75, 3.05) is 19.6 Å². The average Bonchev–Trinajstić information content (AvgIpc) is 3.61. The Bertz CT molecular complexity index is 2110. The summed E-state index contributed by atoms with van der Waals surface area (Å²) >= 11 is 0. The van der Waals surface area contributed by atoms with Crippen LogP contribution in [0.2, 0.25) is 0 Å². The van der Waals surface area contributed by atoms with Crippen LogP contribution in [0.1, 0.15) is 23.0 Å². The molecule has 0 saturated heterocycles. The molecule has 0 spiro atoms. The maximum absolute atomic E-state index is 15.1. The molecule has 0 aliphatic heterocycles. The Kier molecular flexibility index (Phi) is 9.43. The third-order valence-electron chi connectivity index (χ3n) is 7.30. The van der Waals surface area contributed by atoms with Crippen molar-refractivity contribution in [3.63, 3.8) is 0 Å². The first-order valence-electron chi connectivity index (χ1n) is 14.0. The molecule has 2 aromatic heterocycles. The van der Waals surface area contributed by atoms with Crippen LogP contribution in [0.15, 0.2) is 64.0 Å². The highest BCUT2D eigenvalue weighted by Gasteiger charge is 2.35. The molecule has 0 unspecified atom stereocenters.